The molecule has 3 heteroatoms. The number of benzene rings is 1. The topological polar surface area (TPSA) is 20.2 Å². The summed E-state index contributed by atoms with van der Waals surface area (Å²) >= 11 is 3.32. The van der Waals surface area contributed by atoms with E-state index in [0.717, 1.165) is 10.0 Å². The number of halogens is 2. The first-order valence-corrected chi connectivity index (χ1v) is 3.44. The quantitative estimate of drug-likeness (QED) is 0.766. The van der Waals surface area contributed by atoms with E-state index in [1.165, 1.54) is 0 Å². The van der Waals surface area contributed by atoms with Gasteiger partial charge in [0.2, 0.25) is 0 Å². The van der Waals surface area contributed by atoms with Gasteiger partial charge in [-0.3, -0.25) is 0 Å². The van der Waals surface area contributed by atoms with Crippen LogP contribution in [0.25, 0.3) is 0 Å². The van der Waals surface area contributed by atoms with Crippen molar-refractivity contribution in [1.29, 1.82) is 0 Å². The fourth-order valence-corrected chi connectivity index (χ4v) is 0.875. The number of phenols is 1. The van der Waals surface area contributed by atoms with Crippen LogP contribution in [0.5, 0.6) is 5.75 Å². The summed E-state index contributed by atoms with van der Waals surface area (Å²) < 4.78 is 1.03. The van der Waals surface area contributed by atoms with Crippen LogP contribution in [0.15, 0.2) is 22.7 Å². The van der Waals surface area contributed by atoms with Gasteiger partial charge in [0.05, 0.1) is 0 Å². The van der Waals surface area contributed by atoms with E-state index in [9.17, 15) is 0 Å². The van der Waals surface area contributed by atoms with Gasteiger partial charge in [-0.25, -0.2) is 0 Å². The fraction of sp³-hybridized carbons (Fsp3) is 0.143. The summed E-state index contributed by atoms with van der Waals surface area (Å²) in [6, 6.07) is 5.19. The molecule has 0 bridgehead atoms. The molecule has 0 spiro atoms. The summed E-state index contributed by atoms with van der Waals surface area (Å²) in [5.41, 5.74) is 1.05. The Labute approximate surface area is 79.0 Å². The van der Waals surface area contributed by atoms with Gasteiger partial charge in [-0.15, -0.1) is 17.0 Å². The zero-order chi connectivity index (χ0) is 6.85. The van der Waals surface area contributed by atoms with Crippen LogP contribution < -0.4 is 0 Å². The highest BCUT2D eigenvalue weighted by atomic mass is 79.9. The van der Waals surface area contributed by atoms with Crippen LogP contribution in [0.2, 0.25) is 0 Å². The molecule has 0 atom stereocenters. The predicted octanol–water partition coefficient (Wildman–Crippen LogP) is 3.04. The molecule has 1 nitrogen and oxygen atoms in total. The van der Waals surface area contributed by atoms with Gasteiger partial charge >= 0.3 is 0 Å². The van der Waals surface area contributed by atoms with E-state index in [2.05, 4.69) is 15.9 Å². The normalized spacial score (nSPS) is 8.60. The lowest BCUT2D eigenvalue weighted by Crippen LogP contribution is -1.72. The molecule has 0 heterocycles. The van der Waals surface area contributed by atoms with E-state index in [4.69, 9.17) is 5.11 Å². The maximum Gasteiger partial charge on any atom is 0.115 e. The van der Waals surface area contributed by atoms with Crippen molar-refractivity contribution in [2.45, 2.75) is 6.92 Å². The average Bonchev–Trinajstić information content (AvgIpc) is 1.80. The van der Waals surface area contributed by atoms with Crippen LogP contribution in [-0.4, -0.2) is 5.11 Å². The minimum Gasteiger partial charge on any atom is -0.508 e. The van der Waals surface area contributed by atoms with E-state index in [1.54, 1.807) is 12.1 Å². The van der Waals surface area contributed by atoms with Crippen molar-refractivity contribution in [2.24, 2.45) is 0 Å². The molecule has 0 saturated heterocycles. The maximum atomic E-state index is 8.92. The minimum atomic E-state index is 0. The third-order valence-corrected chi connectivity index (χ3v) is 2.03. The van der Waals surface area contributed by atoms with Gasteiger partial charge < -0.3 is 5.11 Å². The van der Waals surface area contributed by atoms with Crippen molar-refractivity contribution < 1.29 is 5.11 Å². The van der Waals surface area contributed by atoms with Crippen LogP contribution >= 0.6 is 32.9 Å². The van der Waals surface area contributed by atoms with Gasteiger partial charge in [0.25, 0.3) is 0 Å². The Morgan fingerprint density at radius 3 is 2.40 bits per heavy atom. The van der Waals surface area contributed by atoms with Crippen LogP contribution in [0, 0.1) is 6.92 Å². The molecule has 0 aromatic heterocycles. The molecule has 0 fully saturated rings. The van der Waals surface area contributed by atoms with E-state index < -0.39 is 0 Å². The predicted molar refractivity (Wildman–Crippen MR) is 50.9 cm³/mol. The van der Waals surface area contributed by atoms with Crippen molar-refractivity contribution in [3.8, 4) is 5.75 Å². The lowest BCUT2D eigenvalue weighted by molar-refractivity contribution is 0.475. The molecule has 0 aliphatic heterocycles. The summed E-state index contributed by atoms with van der Waals surface area (Å²) in [5, 5.41) is 8.92. The van der Waals surface area contributed by atoms with Crippen molar-refractivity contribution in [3.05, 3.63) is 28.2 Å². The fourth-order valence-electron chi connectivity index (χ4n) is 0.629. The number of aromatic hydroxyl groups is 1. The van der Waals surface area contributed by atoms with Crippen LogP contribution in [0.4, 0.5) is 0 Å². The highest BCUT2D eigenvalue weighted by molar-refractivity contribution is 9.10. The second-order valence-corrected chi connectivity index (χ2v) is 2.79. The second kappa shape index (κ2) is 3.98. The molecule has 0 radical (unpaired) electrons. The molecule has 1 aromatic rings. The minimum absolute atomic E-state index is 0. The third kappa shape index (κ3) is 2.31. The molecule has 1 N–H and O–H groups in total. The van der Waals surface area contributed by atoms with Gasteiger partial charge in [-0.1, -0.05) is 15.9 Å². The van der Waals surface area contributed by atoms with E-state index in [-0.39, 0.29) is 17.0 Å². The number of aryl methyl sites for hydroxylation is 1. The van der Waals surface area contributed by atoms with Crippen LogP contribution in [0.3, 0.4) is 0 Å². The van der Waals surface area contributed by atoms with Crippen LogP contribution in [-0.2, 0) is 0 Å². The highest BCUT2D eigenvalue weighted by Gasteiger charge is 1.92. The molecule has 10 heavy (non-hydrogen) atoms. The van der Waals surface area contributed by atoms with E-state index >= 15 is 0 Å². The smallest absolute Gasteiger partial charge is 0.115 e. The van der Waals surface area contributed by atoms with Gasteiger partial charge in [0.1, 0.15) is 5.75 Å². The van der Waals surface area contributed by atoms with Crippen molar-refractivity contribution in [1.82, 2.24) is 0 Å². The number of hydrogen-bond acceptors (Lipinski definition) is 1. The lowest BCUT2D eigenvalue weighted by atomic mass is 10.2. The first-order chi connectivity index (χ1) is 4.20. The first kappa shape index (κ1) is 9.98. The zero-order valence-electron chi connectivity index (χ0n) is 5.47. The number of hydrogen-bond donors (Lipinski definition) is 1. The summed E-state index contributed by atoms with van der Waals surface area (Å²) in [6.07, 6.45) is 0. The summed E-state index contributed by atoms with van der Waals surface area (Å²) in [6.45, 7) is 1.93. The van der Waals surface area contributed by atoms with Gasteiger partial charge in [-0.2, -0.15) is 0 Å². The number of phenolic OH excluding ortho intramolecular Hbond substituents is 1. The SMILES string of the molecule is Br.Cc1cc(O)ccc1Br. The molecule has 0 amide bonds. The average molecular weight is 268 g/mol. The first-order valence-electron chi connectivity index (χ1n) is 2.65. The lowest BCUT2D eigenvalue weighted by Gasteiger charge is -1.95. The Bertz CT molecular complexity index is 223. The highest BCUT2D eigenvalue weighted by Crippen LogP contribution is 2.19. The summed E-state index contributed by atoms with van der Waals surface area (Å²) in [7, 11) is 0. The van der Waals surface area contributed by atoms with Crippen LogP contribution in [0.1, 0.15) is 5.56 Å². The Hall–Kier alpha value is -0.0200. The van der Waals surface area contributed by atoms with E-state index in [0.29, 0.717) is 5.75 Å². The molecule has 56 valence electrons. The maximum absolute atomic E-state index is 8.92. The molecule has 1 aromatic carbocycles. The van der Waals surface area contributed by atoms with Gasteiger partial charge in [-0.05, 0) is 30.7 Å². The molecule has 0 aliphatic carbocycles. The summed E-state index contributed by atoms with van der Waals surface area (Å²) in [5.74, 6) is 0.315. The largest absolute Gasteiger partial charge is 0.508 e. The molecule has 0 saturated carbocycles. The Morgan fingerprint density at radius 1 is 1.40 bits per heavy atom. The monoisotopic (exact) mass is 266 g/mol. The van der Waals surface area contributed by atoms with Crippen molar-refractivity contribution in [2.75, 3.05) is 0 Å². The van der Waals surface area contributed by atoms with Gasteiger partial charge in [0, 0.05) is 4.47 Å². The standard InChI is InChI=1S/C7H7BrO.BrH/c1-5-4-6(9)2-3-7(5)8;/h2-4,9H,1H3;1H. The molecular formula is C7H8Br2O. The van der Waals surface area contributed by atoms with Crippen molar-refractivity contribution in [3.63, 3.8) is 0 Å². The second-order valence-electron chi connectivity index (χ2n) is 1.93. The molecule has 1 rings (SSSR count). The number of rotatable bonds is 0. The molecule has 0 unspecified atom stereocenters. The molecule has 0 aliphatic rings. The summed E-state index contributed by atoms with van der Waals surface area (Å²) in [4.78, 5) is 0. The molecular weight excluding hydrogens is 260 g/mol. The van der Waals surface area contributed by atoms with E-state index in [1.807, 2.05) is 13.0 Å². The Kier molecular flexibility index (Phi) is 3.98. The third-order valence-electron chi connectivity index (χ3n) is 1.14. The van der Waals surface area contributed by atoms with Gasteiger partial charge in [0.15, 0.2) is 0 Å². The zero-order valence-corrected chi connectivity index (χ0v) is 8.76. The van der Waals surface area contributed by atoms with Crippen molar-refractivity contribution >= 4 is 32.9 Å². The Balaban J connectivity index is 0.000000810. The Morgan fingerprint density at radius 2 is 2.00 bits per heavy atom.